The number of benzene rings is 1. The molecule has 0 fully saturated rings. The second kappa shape index (κ2) is 10.3. The Balaban J connectivity index is 1.94. The molecule has 1 aromatic carbocycles. The van der Waals surface area contributed by atoms with Crippen molar-refractivity contribution in [1.82, 2.24) is 15.6 Å². The summed E-state index contributed by atoms with van der Waals surface area (Å²) in [4.78, 5) is 8.39. The first kappa shape index (κ1) is 19.6. The van der Waals surface area contributed by atoms with Gasteiger partial charge in [0, 0.05) is 38.0 Å². The van der Waals surface area contributed by atoms with Crippen molar-refractivity contribution in [2.24, 2.45) is 4.99 Å². The maximum atomic E-state index is 5.87. The minimum absolute atomic E-state index is 0.601. The van der Waals surface area contributed by atoms with Crippen LogP contribution in [0.1, 0.15) is 30.0 Å². The van der Waals surface area contributed by atoms with Gasteiger partial charge in [-0.05, 0) is 36.6 Å². The number of guanidine groups is 1. The number of nitrogens with zero attached hydrogens (tertiary/aromatic N) is 2. The summed E-state index contributed by atoms with van der Waals surface area (Å²) in [7, 11) is 3.37. The Bertz CT molecular complexity index is 732. The molecule has 140 valence electrons. The summed E-state index contributed by atoms with van der Waals surface area (Å²) < 4.78 is 11.0. The van der Waals surface area contributed by atoms with Crippen LogP contribution in [0, 0.1) is 6.92 Å². The Hall–Kier alpha value is -2.76. The molecule has 0 unspecified atom stereocenters. The summed E-state index contributed by atoms with van der Waals surface area (Å²) in [5.41, 5.74) is 3.37. The smallest absolute Gasteiger partial charge is 0.213 e. The Morgan fingerprint density at radius 2 is 1.96 bits per heavy atom. The third kappa shape index (κ3) is 5.95. The van der Waals surface area contributed by atoms with E-state index in [0.29, 0.717) is 25.6 Å². The molecule has 0 saturated heterocycles. The van der Waals surface area contributed by atoms with Gasteiger partial charge in [-0.2, -0.15) is 0 Å². The summed E-state index contributed by atoms with van der Waals surface area (Å²) in [5.74, 6) is 2.25. The first-order valence-electron chi connectivity index (χ1n) is 8.82. The van der Waals surface area contributed by atoms with Crippen LogP contribution in [-0.4, -0.2) is 31.7 Å². The van der Waals surface area contributed by atoms with Gasteiger partial charge in [-0.1, -0.05) is 19.1 Å². The van der Waals surface area contributed by atoms with Crippen LogP contribution in [0.4, 0.5) is 0 Å². The van der Waals surface area contributed by atoms with Gasteiger partial charge < -0.3 is 20.1 Å². The van der Waals surface area contributed by atoms with E-state index < -0.39 is 0 Å². The largest absolute Gasteiger partial charge is 0.493 e. The molecule has 0 spiro atoms. The third-order valence-electron chi connectivity index (χ3n) is 3.82. The first-order valence-corrected chi connectivity index (χ1v) is 8.82. The third-order valence-corrected chi connectivity index (χ3v) is 3.82. The van der Waals surface area contributed by atoms with Gasteiger partial charge in [0.25, 0.3) is 0 Å². The van der Waals surface area contributed by atoms with Gasteiger partial charge in [-0.15, -0.1) is 0 Å². The minimum atomic E-state index is 0.601. The van der Waals surface area contributed by atoms with Crippen molar-refractivity contribution in [1.29, 1.82) is 0 Å². The van der Waals surface area contributed by atoms with Gasteiger partial charge in [-0.3, -0.25) is 4.99 Å². The minimum Gasteiger partial charge on any atom is -0.493 e. The fourth-order valence-electron chi connectivity index (χ4n) is 2.41. The second-order valence-corrected chi connectivity index (χ2v) is 5.95. The van der Waals surface area contributed by atoms with Crippen molar-refractivity contribution in [2.75, 3.05) is 20.8 Å². The Morgan fingerprint density at radius 3 is 2.69 bits per heavy atom. The van der Waals surface area contributed by atoms with Crippen LogP contribution in [0.3, 0.4) is 0 Å². The molecule has 26 heavy (non-hydrogen) atoms. The van der Waals surface area contributed by atoms with E-state index in [0.717, 1.165) is 29.3 Å². The summed E-state index contributed by atoms with van der Waals surface area (Å²) in [6.45, 7) is 6.16. The molecule has 1 aromatic heterocycles. The number of hydrogen-bond donors (Lipinski definition) is 2. The lowest BCUT2D eigenvalue weighted by molar-refractivity contribution is 0.313. The molecule has 0 atom stereocenters. The topological polar surface area (TPSA) is 67.8 Å². The second-order valence-electron chi connectivity index (χ2n) is 5.95. The summed E-state index contributed by atoms with van der Waals surface area (Å²) in [5, 5.41) is 6.63. The fourth-order valence-corrected chi connectivity index (χ4v) is 2.41. The molecule has 6 heteroatoms. The molecule has 6 nitrogen and oxygen atoms in total. The van der Waals surface area contributed by atoms with Crippen LogP contribution in [0.25, 0.3) is 0 Å². The van der Waals surface area contributed by atoms with E-state index in [1.165, 1.54) is 5.56 Å². The average Bonchev–Trinajstić information content (AvgIpc) is 2.67. The van der Waals surface area contributed by atoms with Crippen molar-refractivity contribution in [2.45, 2.75) is 33.4 Å². The summed E-state index contributed by atoms with van der Waals surface area (Å²) in [6, 6.07) is 10.1. The quantitative estimate of drug-likeness (QED) is 0.562. The van der Waals surface area contributed by atoms with Crippen molar-refractivity contribution < 1.29 is 9.47 Å². The van der Waals surface area contributed by atoms with Gasteiger partial charge >= 0.3 is 0 Å². The highest BCUT2D eigenvalue weighted by atomic mass is 16.5. The van der Waals surface area contributed by atoms with Crippen LogP contribution in [-0.2, 0) is 13.1 Å². The van der Waals surface area contributed by atoms with Gasteiger partial charge in [0.05, 0.1) is 13.7 Å². The number of aryl methyl sites for hydroxylation is 1. The van der Waals surface area contributed by atoms with Gasteiger partial charge in [-0.25, -0.2) is 4.98 Å². The maximum Gasteiger partial charge on any atom is 0.213 e. The highest BCUT2D eigenvalue weighted by molar-refractivity contribution is 5.79. The first-order chi connectivity index (χ1) is 12.7. The van der Waals surface area contributed by atoms with Gasteiger partial charge in [0.15, 0.2) is 5.96 Å². The highest BCUT2D eigenvalue weighted by Crippen LogP contribution is 2.20. The lowest BCUT2D eigenvalue weighted by Gasteiger charge is -2.15. The van der Waals surface area contributed by atoms with E-state index in [-0.39, 0.29) is 0 Å². The Morgan fingerprint density at radius 1 is 1.15 bits per heavy atom. The number of nitrogens with one attached hydrogen (secondary N) is 2. The van der Waals surface area contributed by atoms with E-state index >= 15 is 0 Å². The molecule has 0 aliphatic carbocycles. The maximum absolute atomic E-state index is 5.87. The molecular formula is C20H28N4O2. The molecule has 0 aliphatic rings. The molecule has 0 aliphatic heterocycles. The zero-order chi connectivity index (χ0) is 18.8. The summed E-state index contributed by atoms with van der Waals surface area (Å²) >= 11 is 0. The lowest BCUT2D eigenvalue weighted by Crippen LogP contribution is -2.36. The highest BCUT2D eigenvalue weighted by Gasteiger charge is 2.06. The standard InChI is InChI=1S/C20H28N4O2/c1-5-10-26-18-11-15(2)6-7-17(18)14-24-20(21-3)23-13-16-8-9-22-19(12-16)25-4/h6-9,11-12H,5,10,13-14H2,1-4H3,(H2,21,23,24). The molecule has 0 amide bonds. The van der Waals surface area contributed by atoms with Crippen molar-refractivity contribution in [3.8, 4) is 11.6 Å². The normalized spacial score (nSPS) is 11.2. The predicted molar refractivity (Wildman–Crippen MR) is 105 cm³/mol. The van der Waals surface area contributed by atoms with Crippen LogP contribution >= 0.6 is 0 Å². The van der Waals surface area contributed by atoms with Crippen molar-refractivity contribution in [3.05, 3.63) is 53.2 Å². The van der Waals surface area contributed by atoms with E-state index in [2.05, 4.69) is 52.7 Å². The summed E-state index contributed by atoms with van der Waals surface area (Å²) in [6.07, 6.45) is 2.72. The van der Waals surface area contributed by atoms with Crippen molar-refractivity contribution >= 4 is 5.96 Å². The number of aliphatic imine (C=N–C) groups is 1. The number of hydrogen-bond acceptors (Lipinski definition) is 4. The van der Waals surface area contributed by atoms with Crippen LogP contribution in [0.5, 0.6) is 11.6 Å². The zero-order valence-corrected chi connectivity index (χ0v) is 16.0. The van der Waals surface area contributed by atoms with E-state index in [9.17, 15) is 0 Å². The van der Waals surface area contributed by atoms with Crippen molar-refractivity contribution in [3.63, 3.8) is 0 Å². The molecule has 0 bridgehead atoms. The van der Waals surface area contributed by atoms with Gasteiger partial charge in [0.1, 0.15) is 5.75 Å². The van der Waals surface area contributed by atoms with Crippen LogP contribution < -0.4 is 20.1 Å². The monoisotopic (exact) mass is 356 g/mol. The molecule has 2 aromatic rings. The number of ether oxygens (including phenoxy) is 2. The number of pyridine rings is 1. The SMILES string of the molecule is CCCOc1cc(C)ccc1CNC(=NC)NCc1ccnc(OC)c1. The zero-order valence-electron chi connectivity index (χ0n) is 16.0. The molecule has 1 heterocycles. The van der Waals surface area contributed by atoms with Crippen LogP contribution in [0.2, 0.25) is 0 Å². The molecule has 0 saturated carbocycles. The lowest BCUT2D eigenvalue weighted by atomic mass is 10.1. The van der Waals surface area contributed by atoms with E-state index in [1.807, 2.05) is 12.1 Å². The molecule has 2 rings (SSSR count). The number of aromatic nitrogens is 1. The van der Waals surface area contributed by atoms with E-state index in [4.69, 9.17) is 9.47 Å². The molecule has 2 N–H and O–H groups in total. The number of rotatable bonds is 8. The van der Waals surface area contributed by atoms with Gasteiger partial charge in [0.2, 0.25) is 5.88 Å². The predicted octanol–water partition coefficient (Wildman–Crippen LogP) is 3.05. The van der Waals surface area contributed by atoms with Crippen LogP contribution in [0.15, 0.2) is 41.5 Å². The Labute approximate surface area is 155 Å². The molecular weight excluding hydrogens is 328 g/mol. The number of methoxy groups -OCH3 is 1. The Kier molecular flexibility index (Phi) is 7.74. The average molecular weight is 356 g/mol. The molecule has 0 radical (unpaired) electrons. The fraction of sp³-hybridized carbons (Fsp3) is 0.400. The van der Waals surface area contributed by atoms with E-state index in [1.54, 1.807) is 20.4 Å².